The van der Waals surface area contributed by atoms with E-state index in [0.717, 1.165) is 45.3 Å². The van der Waals surface area contributed by atoms with E-state index in [1.54, 1.807) is 0 Å². The molecule has 2 aliphatic heterocycles. The maximum absolute atomic E-state index is 11.5. The average Bonchev–Trinajstić information content (AvgIpc) is 2.43. The van der Waals surface area contributed by atoms with E-state index in [9.17, 15) is 9.90 Å². The van der Waals surface area contributed by atoms with Gasteiger partial charge in [-0.3, -0.25) is 9.69 Å². The van der Waals surface area contributed by atoms with Gasteiger partial charge in [0, 0.05) is 32.1 Å². The van der Waals surface area contributed by atoms with Crippen LogP contribution in [0, 0.1) is 0 Å². The van der Waals surface area contributed by atoms with E-state index in [2.05, 4.69) is 10.2 Å². The van der Waals surface area contributed by atoms with Crippen LogP contribution in [0.4, 0.5) is 0 Å². The summed E-state index contributed by atoms with van der Waals surface area (Å²) in [6.07, 6.45) is 4.45. The Bertz CT molecular complexity index is 256. The molecule has 4 nitrogen and oxygen atoms in total. The van der Waals surface area contributed by atoms with Gasteiger partial charge >= 0.3 is 0 Å². The molecule has 0 saturated carbocycles. The number of likely N-dealkylation sites (tertiary alicyclic amines) is 1. The van der Waals surface area contributed by atoms with Crippen molar-refractivity contribution in [3.8, 4) is 0 Å². The largest absolute Gasteiger partial charge is 0.390 e. The number of rotatable bonds is 1. The minimum atomic E-state index is -0.497. The molecule has 2 N–H and O–H groups in total. The lowest BCUT2D eigenvalue weighted by atomic mass is 9.92. The summed E-state index contributed by atoms with van der Waals surface area (Å²) in [6.45, 7) is 4.57. The molecule has 1 amide bonds. The van der Waals surface area contributed by atoms with Crippen LogP contribution in [0.1, 0.15) is 39.0 Å². The lowest BCUT2D eigenvalue weighted by Gasteiger charge is -2.39. The standard InChI is InChI=1S/C12H22N2O2/c1-12(16)4-7-14(8-5-12)10-3-2-6-13-11(15)9-10/h10,16H,2-9H2,1H3,(H,13,15). The third kappa shape index (κ3) is 2.95. The number of nitrogens with one attached hydrogen (secondary N) is 1. The van der Waals surface area contributed by atoms with Crippen molar-refractivity contribution >= 4 is 5.91 Å². The van der Waals surface area contributed by atoms with Gasteiger partial charge in [-0.15, -0.1) is 0 Å². The predicted molar refractivity (Wildman–Crippen MR) is 62.1 cm³/mol. The molecule has 0 radical (unpaired) electrons. The van der Waals surface area contributed by atoms with Gasteiger partial charge < -0.3 is 10.4 Å². The molecule has 92 valence electrons. The van der Waals surface area contributed by atoms with Crippen molar-refractivity contribution in [2.45, 2.75) is 50.7 Å². The number of hydrogen-bond acceptors (Lipinski definition) is 3. The highest BCUT2D eigenvalue weighted by molar-refractivity contribution is 5.76. The van der Waals surface area contributed by atoms with E-state index in [1.807, 2.05) is 6.92 Å². The summed E-state index contributed by atoms with van der Waals surface area (Å²) in [7, 11) is 0. The fourth-order valence-corrected chi connectivity index (χ4v) is 2.64. The van der Waals surface area contributed by atoms with Crippen LogP contribution < -0.4 is 5.32 Å². The summed E-state index contributed by atoms with van der Waals surface area (Å²) in [5.41, 5.74) is -0.497. The summed E-state index contributed by atoms with van der Waals surface area (Å²) < 4.78 is 0. The Hall–Kier alpha value is -0.610. The minimum Gasteiger partial charge on any atom is -0.390 e. The van der Waals surface area contributed by atoms with Gasteiger partial charge in [0.2, 0.25) is 5.91 Å². The number of aliphatic hydroxyl groups is 1. The fourth-order valence-electron chi connectivity index (χ4n) is 2.64. The quantitative estimate of drug-likeness (QED) is 0.684. The van der Waals surface area contributed by atoms with Gasteiger partial charge in [-0.05, 0) is 32.6 Å². The predicted octanol–water partition coefficient (Wildman–Crippen LogP) is 0.502. The number of carbonyl (C=O) groups excluding carboxylic acids is 1. The van der Waals surface area contributed by atoms with Gasteiger partial charge in [-0.25, -0.2) is 0 Å². The first kappa shape index (κ1) is 11.9. The van der Waals surface area contributed by atoms with Crippen LogP contribution in [0.25, 0.3) is 0 Å². The van der Waals surface area contributed by atoms with Crippen LogP contribution in [0.3, 0.4) is 0 Å². The SMILES string of the molecule is CC1(O)CCN(C2CCCNC(=O)C2)CC1. The van der Waals surface area contributed by atoms with Crippen molar-refractivity contribution in [1.82, 2.24) is 10.2 Å². The van der Waals surface area contributed by atoms with Crippen molar-refractivity contribution in [2.75, 3.05) is 19.6 Å². The first-order chi connectivity index (χ1) is 7.57. The molecule has 16 heavy (non-hydrogen) atoms. The zero-order valence-corrected chi connectivity index (χ0v) is 10.0. The molecule has 4 heteroatoms. The zero-order valence-electron chi connectivity index (χ0n) is 10.0. The summed E-state index contributed by atoms with van der Waals surface area (Å²) >= 11 is 0. The highest BCUT2D eigenvalue weighted by atomic mass is 16.3. The van der Waals surface area contributed by atoms with Gasteiger partial charge in [0.25, 0.3) is 0 Å². The first-order valence-electron chi connectivity index (χ1n) is 6.30. The molecule has 2 saturated heterocycles. The molecule has 1 unspecified atom stereocenters. The normalized spacial score (nSPS) is 31.9. The lowest BCUT2D eigenvalue weighted by molar-refractivity contribution is -0.122. The number of nitrogens with zero attached hydrogens (tertiary/aromatic N) is 1. The van der Waals surface area contributed by atoms with Gasteiger partial charge in [-0.2, -0.15) is 0 Å². The molecular formula is C12H22N2O2. The number of amides is 1. The Morgan fingerprint density at radius 1 is 1.44 bits per heavy atom. The van der Waals surface area contributed by atoms with E-state index in [4.69, 9.17) is 0 Å². The molecule has 0 aliphatic carbocycles. The highest BCUT2D eigenvalue weighted by Gasteiger charge is 2.31. The summed E-state index contributed by atoms with van der Waals surface area (Å²) in [5.74, 6) is 0.180. The molecule has 2 fully saturated rings. The van der Waals surface area contributed by atoms with Gasteiger partial charge in [-0.1, -0.05) is 0 Å². The van der Waals surface area contributed by atoms with Crippen LogP contribution in [0.2, 0.25) is 0 Å². The topological polar surface area (TPSA) is 52.6 Å². The Kier molecular flexibility index (Phi) is 3.50. The molecule has 0 spiro atoms. The molecule has 1 atom stereocenters. The van der Waals surface area contributed by atoms with Crippen LogP contribution in [-0.4, -0.2) is 47.2 Å². The van der Waals surface area contributed by atoms with E-state index in [-0.39, 0.29) is 5.91 Å². The molecule has 0 aromatic rings. The van der Waals surface area contributed by atoms with Crippen molar-refractivity contribution in [2.24, 2.45) is 0 Å². The summed E-state index contributed by atoms with van der Waals surface area (Å²) in [4.78, 5) is 13.9. The third-order valence-electron chi connectivity index (χ3n) is 3.85. The van der Waals surface area contributed by atoms with Crippen LogP contribution in [-0.2, 0) is 4.79 Å². The van der Waals surface area contributed by atoms with Gasteiger partial charge in [0.05, 0.1) is 5.60 Å². The van der Waals surface area contributed by atoms with Crippen molar-refractivity contribution in [3.63, 3.8) is 0 Å². The zero-order chi connectivity index (χ0) is 11.6. The van der Waals surface area contributed by atoms with E-state index < -0.39 is 5.60 Å². The molecule has 0 aromatic carbocycles. The Balaban J connectivity index is 1.90. The maximum Gasteiger partial charge on any atom is 0.221 e. The maximum atomic E-state index is 11.5. The van der Waals surface area contributed by atoms with Crippen LogP contribution >= 0.6 is 0 Å². The highest BCUT2D eigenvalue weighted by Crippen LogP contribution is 2.25. The molecule has 0 aromatic heterocycles. The molecule has 2 rings (SSSR count). The smallest absolute Gasteiger partial charge is 0.221 e. The van der Waals surface area contributed by atoms with Crippen molar-refractivity contribution < 1.29 is 9.90 Å². The number of carbonyl (C=O) groups is 1. The molecule has 0 bridgehead atoms. The first-order valence-corrected chi connectivity index (χ1v) is 6.30. The number of piperidine rings is 1. The Labute approximate surface area is 97.0 Å². The van der Waals surface area contributed by atoms with Gasteiger partial charge in [0.15, 0.2) is 0 Å². The van der Waals surface area contributed by atoms with Crippen molar-refractivity contribution in [3.05, 3.63) is 0 Å². The summed E-state index contributed by atoms with van der Waals surface area (Å²) in [5, 5.41) is 12.8. The second kappa shape index (κ2) is 4.72. The van der Waals surface area contributed by atoms with Gasteiger partial charge in [0.1, 0.15) is 0 Å². The summed E-state index contributed by atoms with van der Waals surface area (Å²) in [6, 6.07) is 0.388. The molecular weight excluding hydrogens is 204 g/mol. The van der Waals surface area contributed by atoms with E-state index >= 15 is 0 Å². The second-order valence-corrected chi connectivity index (χ2v) is 5.38. The molecule has 2 aliphatic rings. The monoisotopic (exact) mass is 226 g/mol. The van der Waals surface area contributed by atoms with Crippen LogP contribution in [0.5, 0.6) is 0 Å². The lowest BCUT2D eigenvalue weighted by Crippen LogP contribution is -2.47. The Morgan fingerprint density at radius 2 is 2.12 bits per heavy atom. The van der Waals surface area contributed by atoms with Crippen LogP contribution in [0.15, 0.2) is 0 Å². The Morgan fingerprint density at radius 3 is 2.81 bits per heavy atom. The second-order valence-electron chi connectivity index (χ2n) is 5.38. The van der Waals surface area contributed by atoms with E-state index in [0.29, 0.717) is 12.5 Å². The average molecular weight is 226 g/mol. The number of hydrogen-bond donors (Lipinski definition) is 2. The molecule has 2 heterocycles. The minimum absolute atomic E-state index is 0.180. The van der Waals surface area contributed by atoms with E-state index in [1.165, 1.54) is 0 Å². The third-order valence-corrected chi connectivity index (χ3v) is 3.85. The fraction of sp³-hybridized carbons (Fsp3) is 0.917. The van der Waals surface area contributed by atoms with Crippen molar-refractivity contribution in [1.29, 1.82) is 0 Å².